The van der Waals surface area contributed by atoms with Crippen molar-refractivity contribution in [1.29, 1.82) is 0 Å². The van der Waals surface area contributed by atoms with Gasteiger partial charge in [-0.15, -0.1) is 0 Å². The average molecular weight is 402 g/mol. The maximum atomic E-state index is 9.06. The molecule has 0 radical (unpaired) electrons. The molecule has 4 heteroatoms. The Bertz CT molecular complexity index is 980. The number of aromatic nitrogens is 2. The van der Waals surface area contributed by atoms with E-state index in [4.69, 9.17) is 15.1 Å². The second-order valence-electron chi connectivity index (χ2n) is 8.30. The highest BCUT2D eigenvalue weighted by Crippen LogP contribution is 2.35. The highest BCUT2D eigenvalue weighted by atomic mass is 16.2. The molecule has 156 valence electrons. The van der Waals surface area contributed by atoms with Gasteiger partial charge in [-0.3, -0.25) is 0 Å². The quantitative estimate of drug-likeness (QED) is 0.543. The first-order valence-electron chi connectivity index (χ1n) is 11.1. The molecule has 1 N–H and O–H groups in total. The molecule has 2 heterocycles. The summed E-state index contributed by atoms with van der Waals surface area (Å²) < 4.78 is 0. The summed E-state index contributed by atoms with van der Waals surface area (Å²) in [5.74, 6) is 1.04. The first-order valence-corrected chi connectivity index (χ1v) is 11.1. The molecule has 4 nitrogen and oxygen atoms in total. The standard InChI is InChI=1S/C26H31N3O/c1-19-8-12-21(13-9-19)24-25(22-14-10-20(2)11-15-22)28-26-23(27-24)7-6-17-29(26)16-4-3-5-18-30/h8-15,30H,3-7,16-18H2,1-2H3. The molecule has 4 rings (SSSR count). The zero-order chi connectivity index (χ0) is 20.9. The van der Waals surface area contributed by atoms with Crippen LogP contribution in [0.5, 0.6) is 0 Å². The van der Waals surface area contributed by atoms with Gasteiger partial charge in [-0.2, -0.15) is 0 Å². The van der Waals surface area contributed by atoms with Crippen LogP contribution in [-0.2, 0) is 6.42 Å². The van der Waals surface area contributed by atoms with Crippen molar-refractivity contribution in [3.63, 3.8) is 0 Å². The number of anilines is 1. The van der Waals surface area contributed by atoms with Crippen LogP contribution in [0.15, 0.2) is 48.5 Å². The number of hydrogen-bond acceptors (Lipinski definition) is 4. The van der Waals surface area contributed by atoms with Gasteiger partial charge in [-0.25, -0.2) is 9.97 Å². The third-order valence-electron chi connectivity index (χ3n) is 5.82. The predicted molar refractivity (Wildman–Crippen MR) is 124 cm³/mol. The van der Waals surface area contributed by atoms with E-state index in [1.165, 1.54) is 11.1 Å². The van der Waals surface area contributed by atoms with Crippen LogP contribution in [0.1, 0.15) is 42.5 Å². The number of rotatable bonds is 7. The Balaban J connectivity index is 1.77. The minimum absolute atomic E-state index is 0.272. The fourth-order valence-corrected chi connectivity index (χ4v) is 4.06. The lowest BCUT2D eigenvalue weighted by Gasteiger charge is -2.30. The van der Waals surface area contributed by atoms with E-state index in [0.29, 0.717) is 0 Å². The largest absolute Gasteiger partial charge is 0.396 e. The molecular weight excluding hydrogens is 370 g/mol. The van der Waals surface area contributed by atoms with Crippen molar-refractivity contribution in [3.8, 4) is 22.5 Å². The van der Waals surface area contributed by atoms with Crippen LogP contribution in [0.25, 0.3) is 22.5 Å². The summed E-state index contributed by atoms with van der Waals surface area (Å²) >= 11 is 0. The number of benzene rings is 2. The minimum Gasteiger partial charge on any atom is -0.396 e. The van der Waals surface area contributed by atoms with Gasteiger partial charge in [0, 0.05) is 30.8 Å². The third kappa shape index (κ3) is 4.54. The molecule has 1 aliphatic rings. The van der Waals surface area contributed by atoms with Crippen molar-refractivity contribution in [2.45, 2.75) is 46.0 Å². The lowest BCUT2D eigenvalue weighted by atomic mass is 10.0. The van der Waals surface area contributed by atoms with E-state index in [-0.39, 0.29) is 6.61 Å². The molecule has 0 fully saturated rings. The second-order valence-corrected chi connectivity index (χ2v) is 8.30. The number of aliphatic hydroxyl groups is 1. The Kier molecular flexibility index (Phi) is 6.44. The Hall–Kier alpha value is -2.72. The Morgan fingerprint density at radius 3 is 2.00 bits per heavy atom. The van der Waals surface area contributed by atoms with Gasteiger partial charge in [-0.1, -0.05) is 59.7 Å². The van der Waals surface area contributed by atoms with E-state index in [2.05, 4.69) is 67.3 Å². The van der Waals surface area contributed by atoms with Gasteiger partial charge in [0.05, 0.1) is 17.1 Å². The van der Waals surface area contributed by atoms with Crippen molar-refractivity contribution in [1.82, 2.24) is 9.97 Å². The van der Waals surface area contributed by atoms with E-state index in [1.54, 1.807) is 0 Å². The zero-order valence-corrected chi connectivity index (χ0v) is 18.1. The predicted octanol–water partition coefficient (Wildman–Crippen LogP) is 5.34. The van der Waals surface area contributed by atoms with Crippen LogP contribution in [0.4, 0.5) is 5.82 Å². The van der Waals surface area contributed by atoms with E-state index >= 15 is 0 Å². The monoisotopic (exact) mass is 401 g/mol. The van der Waals surface area contributed by atoms with E-state index < -0.39 is 0 Å². The molecule has 2 aromatic carbocycles. The summed E-state index contributed by atoms with van der Waals surface area (Å²) in [6.07, 6.45) is 5.07. The maximum Gasteiger partial charge on any atom is 0.151 e. The van der Waals surface area contributed by atoms with Crippen LogP contribution in [0.3, 0.4) is 0 Å². The van der Waals surface area contributed by atoms with Crippen molar-refractivity contribution < 1.29 is 5.11 Å². The van der Waals surface area contributed by atoms with Crippen LogP contribution >= 0.6 is 0 Å². The summed E-state index contributed by atoms with van der Waals surface area (Å²) in [6.45, 7) is 6.49. The van der Waals surface area contributed by atoms with Crippen molar-refractivity contribution in [3.05, 3.63) is 65.4 Å². The minimum atomic E-state index is 0.272. The molecule has 0 unspecified atom stereocenters. The number of aryl methyl sites for hydroxylation is 3. The molecule has 0 atom stereocenters. The van der Waals surface area contributed by atoms with E-state index in [9.17, 15) is 0 Å². The molecule has 0 spiro atoms. The lowest BCUT2D eigenvalue weighted by Crippen LogP contribution is -2.32. The van der Waals surface area contributed by atoms with E-state index in [1.807, 2.05) is 0 Å². The van der Waals surface area contributed by atoms with Crippen molar-refractivity contribution >= 4 is 5.82 Å². The second kappa shape index (κ2) is 9.40. The molecule has 0 bridgehead atoms. The fraction of sp³-hybridized carbons (Fsp3) is 0.385. The third-order valence-corrected chi connectivity index (χ3v) is 5.82. The van der Waals surface area contributed by atoms with Gasteiger partial charge in [0.15, 0.2) is 5.82 Å². The molecule has 1 aliphatic heterocycles. The number of fused-ring (bicyclic) bond motifs is 1. The summed E-state index contributed by atoms with van der Waals surface area (Å²) in [6, 6.07) is 17.2. The molecule has 1 aromatic heterocycles. The Labute approximate surface area is 179 Å². The first kappa shape index (κ1) is 20.5. The summed E-state index contributed by atoms with van der Waals surface area (Å²) in [5, 5.41) is 9.06. The van der Waals surface area contributed by atoms with Crippen LogP contribution in [0.2, 0.25) is 0 Å². The fourth-order valence-electron chi connectivity index (χ4n) is 4.06. The molecule has 0 saturated carbocycles. The maximum absolute atomic E-state index is 9.06. The number of aliphatic hydroxyl groups excluding tert-OH is 1. The summed E-state index contributed by atoms with van der Waals surface area (Å²) in [7, 11) is 0. The van der Waals surface area contributed by atoms with Gasteiger partial charge >= 0.3 is 0 Å². The zero-order valence-electron chi connectivity index (χ0n) is 18.1. The molecule has 0 aliphatic carbocycles. The molecular formula is C26H31N3O. The average Bonchev–Trinajstić information content (AvgIpc) is 2.77. The molecule has 3 aromatic rings. The molecule has 0 amide bonds. The van der Waals surface area contributed by atoms with Crippen LogP contribution in [-0.4, -0.2) is 34.8 Å². The Morgan fingerprint density at radius 1 is 0.800 bits per heavy atom. The van der Waals surface area contributed by atoms with Gasteiger partial charge in [0.1, 0.15) is 0 Å². The SMILES string of the molecule is Cc1ccc(-c2nc3c(nc2-c2ccc(C)cc2)N(CCCCCO)CCC3)cc1. The highest BCUT2D eigenvalue weighted by Gasteiger charge is 2.23. The number of nitrogens with zero attached hydrogens (tertiary/aromatic N) is 3. The molecule has 0 saturated heterocycles. The van der Waals surface area contributed by atoms with Gasteiger partial charge in [-0.05, 0) is 46.0 Å². The number of hydrogen-bond donors (Lipinski definition) is 1. The summed E-state index contributed by atoms with van der Waals surface area (Å²) in [5.41, 5.74) is 7.75. The highest BCUT2D eigenvalue weighted by molar-refractivity contribution is 5.79. The summed E-state index contributed by atoms with van der Waals surface area (Å²) in [4.78, 5) is 12.8. The number of unbranched alkanes of at least 4 members (excludes halogenated alkanes) is 2. The van der Waals surface area contributed by atoms with Crippen molar-refractivity contribution in [2.24, 2.45) is 0 Å². The van der Waals surface area contributed by atoms with Gasteiger partial charge in [0.25, 0.3) is 0 Å². The van der Waals surface area contributed by atoms with Crippen molar-refractivity contribution in [2.75, 3.05) is 24.6 Å². The normalized spacial score (nSPS) is 13.4. The van der Waals surface area contributed by atoms with Crippen LogP contribution < -0.4 is 4.90 Å². The topological polar surface area (TPSA) is 49.2 Å². The smallest absolute Gasteiger partial charge is 0.151 e. The van der Waals surface area contributed by atoms with E-state index in [0.717, 1.165) is 79.2 Å². The first-order chi connectivity index (χ1) is 14.7. The van der Waals surface area contributed by atoms with Gasteiger partial charge in [0.2, 0.25) is 0 Å². The molecule has 30 heavy (non-hydrogen) atoms. The lowest BCUT2D eigenvalue weighted by molar-refractivity contribution is 0.283. The van der Waals surface area contributed by atoms with Crippen LogP contribution in [0, 0.1) is 13.8 Å². The Morgan fingerprint density at radius 2 is 1.40 bits per heavy atom. The van der Waals surface area contributed by atoms with Gasteiger partial charge < -0.3 is 10.0 Å².